The summed E-state index contributed by atoms with van der Waals surface area (Å²) >= 11 is 0. The van der Waals surface area contributed by atoms with Crippen LogP contribution >= 0.6 is 0 Å². The van der Waals surface area contributed by atoms with Crippen molar-refractivity contribution in [1.29, 1.82) is 0 Å². The largest absolute Gasteiger partial charge is 0.478 e. The highest BCUT2D eigenvalue weighted by atomic mass is 19.1. The minimum Gasteiger partial charge on any atom is -0.478 e. The second-order valence-electron chi connectivity index (χ2n) is 5.81. The Hall–Kier alpha value is -2.76. The molecule has 0 saturated heterocycles. The van der Waals surface area contributed by atoms with Gasteiger partial charge in [-0.2, -0.15) is 0 Å². The molecule has 1 fully saturated rings. The van der Waals surface area contributed by atoms with E-state index in [0.29, 0.717) is 6.54 Å². The lowest BCUT2D eigenvalue weighted by molar-refractivity contribution is 0.0691. The summed E-state index contributed by atoms with van der Waals surface area (Å²) in [5, 5.41) is 9.07. The number of carboxylic acid groups (broad SMARTS) is 1. The maximum absolute atomic E-state index is 14.5. The van der Waals surface area contributed by atoms with Crippen LogP contribution in [0.4, 0.5) is 14.5 Å². The monoisotopic (exact) mass is 331 g/mol. The lowest BCUT2D eigenvalue weighted by Crippen LogP contribution is -2.34. The molecule has 1 N–H and O–H groups in total. The van der Waals surface area contributed by atoms with Crippen LogP contribution in [0.2, 0.25) is 0 Å². The van der Waals surface area contributed by atoms with E-state index in [1.807, 2.05) is 0 Å². The van der Waals surface area contributed by atoms with E-state index in [0.717, 1.165) is 31.0 Å². The van der Waals surface area contributed by atoms with Crippen LogP contribution in [0.1, 0.15) is 33.6 Å². The summed E-state index contributed by atoms with van der Waals surface area (Å²) < 4.78 is 27.6. The fourth-order valence-electron chi connectivity index (χ4n) is 2.49. The van der Waals surface area contributed by atoms with Crippen molar-refractivity contribution in [2.75, 3.05) is 11.4 Å². The number of carbonyl (C=O) groups is 2. The van der Waals surface area contributed by atoms with Gasteiger partial charge in [0, 0.05) is 12.1 Å². The molecule has 0 bridgehead atoms. The number of nitrogens with zero attached hydrogens (tertiary/aromatic N) is 1. The van der Waals surface area contributed by atoms with Crippen LogP contribution < -0.4 is 4.90 Å². The van der Waals surface area contributed by atoms with E-state index in [2.05, 4.69) is 0 Å². The molecule has 0 radical (unpaired) electrons. The number of rotatable bonds is 5. The van der Waals surface area contributed by atoms with Gasteiger partial charge in [0.1, 0.15) is 5.82 Å². The van der Waals surface area contributed by atoms with E-state index in [9.17, 15) is 18.4 Å². The van der Waals surface area contributed by atoms with E-state index in [1.54, 1.807) is 0 Å². The smallest absolute Gasteiger partial charge is 0.338 e. The number of hydrogen-bond donors (Lipinski definition) is 1. The van der Waals surface area contributed by atoms with Gasteiger partial charge in [0.05, 0.1) is 11.3 Å². The topological polar surface area (TPSA) is 57.6 Å². The van der Waals surface area contributed by atoms with Crippen molar-refractivity contribution in [3.8, 4) is 0 Å². The molecule has 124 valence electrons. The van der Waals surface area contributed by atoms with Crippen molar-refractivity contribution in [3.05, 3.63) is 65.2 Å². The molecule has 1 aliphatic rings. The summed E-state index contributed by atoms with van der Waals surface area (Å²) in [6.07, 6.45) is 1.88. The molecule has 2 aromatic rings. The third kappa shape index (κ3) is 3.27. The van der Waals surface area contributed by atoms with Crippen molar-refractivity contribution >= 4 is 17.6 Å². The Morgan fingerprint density at radius 1 is 1.08 bits per heavy atom. The van der Waals surface area contributed by atoms with Crippen LogP contribution in [-0.2, 0) is 0 Å². The Morgan fingerprint density at radius 2 is 1.75 bits per heavy atom. The van der Waals surface area contributed by atoms with Gasteiger partial charge in [-0.3, -0.25) is 4.79 Å². The van der Waals surface area contributed by atoms with Crippen LogP contribution in [0, 0.1) is 17.6 Å². The zero-order chi connectivity index (χ0) is 17.3. The minimum absolute atomic E-state index is 0.0730. The highest BCUT2D eigenvalue weighted by Crippen LogP contribution is 2.33. The molecule has 0 aliphatic heterocycles. The summed E-state index contributed by atoms with van der Waals surface area (Å²) in [7, 11) is 0. The molecule has 1 saturated carbocycles. The number of anilines is 1. The number of halogens is 2. The van der Waals surface area contributed by atoms with Gasteiger partial charge in [0.15, 0.2) is 5.82 Å². The number of benzene rings is 2. The number of aromatic carboxylic acids is 1. The molecule has 0 unspecified atom stereocenters. The Kier molecular flexibility index (Phi) is 4.29. The Bertz CT molecular complexity index is 785. The summed E-state index contributed by atoms with van der Waals surface area (Å²) in [6.45, 7) is 0.302. The van der Waals surface area contributed by atoms with Gasteiger partial charge in [-0.25, -0.2) is 13.6 Å². The molecular weight excluding hydrogens is 316 g/mol. The number of amides is 1. The zero-order valence-corrected chi connectivity index (χ0v) is 12.7. The van der Waals surface area contributed by atoms with E-state index in [1.165, 1.54) is 29.2 Å². The number of carboxylic acids is 1. The highest BCUT2D eigenvalue weighted by molar-refractivity contribution is 6.06. The molecule has 0 atom stereocenters. The summed E-state index contributed by atoms with van der Waals surface area (Å²) in [4.78, 5) is 25.1. The van der Waals surface area contributed by atoms with Gasteiger partial charge in [0.25, 0.3) is 5.91 Å². The van der Waals surface area contributed by atoms with Crippen LogP contribution in [-0.4, -0.2) is 23.5 Å². The van der Waals surface area contributed by atoms with Crippen LogP contribution in [0.3, 0.4) is 0 Å². The lowest BCUT2D eigenvalue weighted by atomic mass is 10.1. The van der Waals surface area contributed by atoms with E-state index < -0.39 is 29.1 Å². The normalized spacial score (nSPS) is 13.6. The van der Waals surface area contributed by atoms with E-state index in [-0.39, 0.29) is 17.2 Å². The zero-order valence-electron chi connectivity index (χ0n) is 12.7. The Morgan fingerprint density at radius 3 is 2.33 bits per heavy atom. The Labute approximate surface area is 137 Å². The second-order valence-corrected chi connectivity index (χ2v) is 5.81. The minimum atomic E-state index is -1.39. The predicted octanol–water partition coefficient (Wildman–Crippen LogP) is 3.72. The first-order valence-electron chi connectivity index (χ1n) is 7.56. The van der Waals surface area contributed by atoms with Crippen molar-refractivity contribution in [2.24, 2.45) is 5.92 Å². The summed E-state index contributed by atoms with van der Waals surface area (Å²) in [5.74, 6) is -3.03. The number of hydrogen-bond acceptors (Lipinski definition) is 2. The van der Waals surface area contributed by atoms with Gasteiger partial charge in [0.2, 0.25) is 0 Å². The standard InChI is InChI=1S/C18H15F2NO3/c19-13-8-6-12(7-9-13)17(22)21(10-11-4-5-11)15-3-1-2-14(16(15)20)18(23)24/h1-3,6-9,11H,4-5,10H2,(H,23,24). The molecule has 1 amide bonds. The fourth-order valence-corrected chi connectivity index (χ4v) is 2.49. The number of carbonyl (C=O) groups excluding carboxylic acids is 1. The maximum atomic E-state index is 14.5. The average molecular weight is 331 g/mol. The predicted molar refractivity (Wildman–Crippen MR) is 84.2 cm³/mol. The van der Waals surface area contributed by atoms with Crippen LogP contribution in [0.25, 0.3) is 0 Å². The quantitative estimate of drug-likeness (QED) is 0.908. The molecule has 0 heterocycles. The molecule has 1 aliphatic carbocycles. The van der Waals surface area contributed by atoms with Crippen molar-refractivity contribution in [3.63, 3.8) is 0 Å². The van der Waals surface area contributed by atoms with Crippen molar-refractivity contribution in [2.45, 2.75) is 12.8 Å². The molecule has 0 aromatic heterocycles. The van der Waals surface area contributed by atoms with Crippen molar-refractivity contribution < 1.29 is 23.5 Å². The third-order valence-corrected chi connectivity index (χ3v) is 3.97. The van der Waals surface area contributed by atoms with Gasteiger partial charge in [-0.15, -0.1) is 0 Å². The molecule has 3 rings (SSSR count). The maximum Gasteiger partial charge on any atom is 0.338 e. The van der Waals surface area contributed by atoms with E-state index in [4.69, 9.17) is 5.11 Å². The second kappa shape index (κ2) is 6.39. The third-order valence-electron chi connectivity index (χ3n) is 3.97. The molecular formula is C18H15F2NO3. The first-order chi connectivity index (χ1) is 11.5. The van der Waals surface area contributed by atoms with Gasteiger partial charge in [-0.1, -0.05) is 6.07 Å². The first kappa shape index (κ1) is 16.1. The molecule has 6 heteroatoms. The van der Waals surface area contributed by atoms with Gasteiger partial charge in [-0.05, 0) is 55.2 Å². The summed E-state index contributed by atoms with van der Waals surface area (Å²) in [5.41, 5.74) is -0.339. The lowest BCUT2D eigenvalue weighted by Gasteiger charge is -2.24. The SMILES string of the molecule is O=C(O)c1cccc(N(CC2CC2)C(=O)c2ccc(F)cc2)c1F. The molecule has 2 aromatic carbocycles. The van der Waals surface area contributed by atoms with Crippen LogP contribution in [0.15, 0.2) is 42.5 Å². The van der Waals surface area contributed by atoms with Crippen molar-refractivity contribution in [1.82, 2.24) is 0 Å². The van der Waals surface area contributed by atoms with E-state index >= 15 is 0 Å². The molecule has 24 heavy (non-hydrogen) atoms. The fraction of sp³-hybridized carbons (Fsp3) is 0.222. The molecule has 0 spiro atoms. The van der Waals surface area contributed by atoms with Gasteiger partial charge >= 0.3 is 5.97 Å². The average Bonchev–Trinajstić information content (AvgIpc) is 3.37. The highest BCUT2D eigenvalue weighted by Gasteiger charge is 2.30. The Balaban J connectivity index is 2.00. The van der Waals surface area contributed by atoms with Crippen LogP contribution in [0.5, 0.6) is 0 Å². The molecule has 4 nitrogen and oxygen atoms in total. The van der Waals surface area contributed by atoms with Gasteiger partial charge < -0.3 is 10.0 Å². The summed E-state index contributed by atoms with van der Waals surface area (Å²) in [6, 6.07) is 8.91. The first-order valence-corrected chi connectivity index (χ1v) is 7.56.